The molecule has 0 unspecified atom stereocenters. The Kier molecular flexibility index (Phi) is 7.82. The Balaban J connectivity index is 1.87. The number of carbonyl (C=O) groups excluding carboxylic acids is 1. The van der Waals surface area contributed by atoms with Crippen LogP contribution in [0.1, 0.15) is 44.9 Å². The van der Waals surface area contributed by atoms with Gasteiger partial charge >= 0.3 is 0 Å². The summed E-state index contributed by atoms with van der Waals surface area (Å²) in [7, 11) is 0. The molecule has 0 spiro atoms. The molecule has 1 aromatic carbocycles. The summed E-state index contributed by atoms with van der Waals surface area (Å²) in [6.07, 6.45) is 7.36. The molecule has 2 aromatic rings. The molecule has 1 N–H and O–H groups in total. The van der Waals surface area contributed by atoms with Gasteiger partial charge in [-0.2, -0.15) is 0 Å². The van der Waals surface area contributed by atoms with E-state index in [9.17, 15) is 4.79 Å². The van der Waals surface area contributed by atoms with Gasteiger partial charge in [-0.05, 0) is 37.7 Å². The fourth-order valence-corrected chi connectivity index (χ4v) is 3.01. The van der Waals surface area contributed by atoms with Crippen LogP contribution in [0.4, 0.5) is 0 Å². The standard InChI is InChI=1S/C18H26N4OS/c1-3-4-14-19-17(23)13-9-8-12-16-20-21-18(24-2)22(16)15-10-6-5-7-11-15/h5-7,10-11H,3-4,8-9,12-14H2,1-2H3,(H,19,23). The van der Waals surface area contributed by atoms with Gasteiger partial charge in [-0.25, -0.2) is 0 Å². The van der Waals surface area contributed by atoms with Crippen LogP contribution in [0, 0.1) is 0 Å². The zero-order valence-corrected chi connectivity index (χ0v) is 15.3. The highest BCUT2D eigenvalue weighted by atomic mass is 32.2. The first-order chi connectivity index (χ1) is 11.8. The van der Waals surface area contributed by atoms with Crippen molar-refractivity contribution >= 4 is 17.7 Å². The molecule has 2 rings (SSSR count). The van der Waals surface area contributed by atoms with E-state index >= 15 is 0 Å². The van der Waals surface area contributed by atoms with Crippen LogP contribution in [0.25, 0.3) is 5.69 Å². The zero-order valence-electron chi connectivity index (χ0n) is 14.5. The molecule has 1 amide bonds. The Morgan fingerprint density at radius 3 is 2.67 bits per heavy atom. The summed E-state index contributed by atoms with van der Waals surface area (Å²) < 4.78 is 2.10. The number of nitrogens with one attached hydrogen (secondary N) is 1. The first kappa shape index (κ1) is 18.5. The molecule has 0 radical (unpaired) electrons. The molecule has 5 nitrogen and oxygen atoms in total. The number of aryl methyl sites for hydroxylation is 1. The lowest BCUT2D eigenvalue weighted by molar-refractivity contribution is -0.121. The van der Waals surface area contributed by atoms with E-state index in [0.717, 1.165) is 55.3 Å². The molecule has 1 heterocycles. The topological polar surface area (TPSA) is 59.8 Å². The van der Waals surface area contributed by atoms with Crippen molar-refractivity contribution in [3.63, 3.8) is 0 Å². The first-order valence-corrected chi connectivity index (χ1v) is 9.79. The number of benzene rings is 1. The van der Waals surface area contributed by atoms with Crippen molar-refractivity contribution in [3.8, 4) is 5.69 Å². The van der Waals surface area contributed by atoms with Gasteiger partial charge < -0.3 is 5.32 Å². The second-order valence-electron chi connectivity index (χ2n) is 5.68. The predicted molar refractivity (Wildman–Crippen MR) is 98.6 cm³/mol. The van der Waals surface area contributed by atoms with Crippen molar-refractivity contribution in [1.29, 1.82) is 0 Å². The van der Waals surface area contributed by atoms with E-state index in [4.69, 9.17) is 0 Å². The first-order valence-electron chi connectivity index (χ1n) is 8.56. The summed E-state index contributed by atoms with van der Waals surface area (Å²) in [4.78, 5) is 11.7. The Hall–Kier alpha value is -1.82. The van der Waals surface area contributed by atoms with E-state index in [1.54, 1.807) is 11.8 Å². The van der Waals surface area contributed by atoms with E-state index in [2.05, 4.69) is 39.1 Å². The third-order valence-electron chi connectivity index (χ3n) is 3.80. The molecule has 0 fully saturated rings. The van der Waals surface area contributed by atoms with E-state index < -0.39 is 0 Å². The Labute approximate surface area is 148 Å². The van der Waals surface area contributed by atoms with Crippen LogP contribution >= 0.6 is 11.8 Å². The van der Waals surface area contributed by atoms with Crippen LogP contribution in [-0.2, 0) is 11.2 Å². The van der Waals surface area contributed by atoms with Crippen LogP contribution < -0.4 is 5.32 Å². The lowest BCUT2D eigenvalue weighted by Gasteiger charge is -2.09. The summed E-state index contributed by atoms with van der Waals surface area (Å²) in [5.74, 6) is 1.11. The van der Waals surface area contributed by atoms with Crippen molar-refractivity contribution in [3.05, 3.63) is 36.2 Å². The number of carbonyl (C=O) groups is 1. The fourth-order valence-electron chi connectivity index (χ4n) is 2.49. The van der Waals surface area contributed by atoms with Gasteiger partial charge in [0.05, 0.1) is 0 Å². The molecule has 0 aliphatic carbocycles. The average molecular weight is 346 g/mol. The zero-order chi connectivity index (χ0) is 17.2. The Morgan fingerprint density at radius 1 is 1.17 bits per heavy atom. The van der Waals surface area contributed by atoms with E-state index in [-0.39, 0.29) is 5.91 Å². The van der Waals surface area contributed by atoms with Crippen LogP contribution in [0.2, 0.25) is 0 Å². The molecule has 24 heavy (non-hydrogen) atoms. The molecule has 0 atom stereocenters. The molecular formula is C18H26N4OS. The highest BCUT2D eigenvalue weighted by Crippen LogP contribution is 2.21. The van der Waals surface area contributed by atoms with E-state index in [0.29, 0.717) is 6.42 Å². The smallest absolute Gasteiger partial charge is 0.219 e. The molecular weight excluding hydrogens is 320 g/mol. The number of rotatable bonds is 10. The van der Waals surface area contributed by atoms with Crippen LogP contribution in [0.15, 0.2) is 35.5 Å². The highest BCUT2D eigenvalue weighted by Gasteiger charge is 2.12. The predicted octanol–water partition coefficient (Wildman–Crippen LogP) is 3.62. The lowest BCUT2D eigenvalue weighted by Crippen LogP contribution is -2.23. The van der Waals surface area contributed by atoms with Crippen molar-refractivity contribution < 1.29 is 4.79 Å². The minimum atomic E-state index is 0.151. The van der Waals surface area contributed by atoms with Gasteiger partial charge in [0.1, 0.15) is 5.82 Å². The van der Waals surface area contributed by atoms with Crippen LogP contribution in [-0.4, -0.2) is 33.5 Å². The van der Waals surface area contributed by atoms with Gasteiger partial charge in [-0.15, -0.1) is 10.2 Å². The molecule has 0 aliphatic heterocycles. The monoisotopic (exact) mass is 346 g/mol. The minimum Gasteiger partial charge on any atom is -0.356 e. The Bertz CT molecular complexity index is 627. The number of amides is 1. The van der Waals surface area contributed by atoms with Gasteiger partial charge in [-0.1, -0.05) is 43.3 Å². The summed E-state index contributed by atoms with van der Waals surface area (Å²) in [5, 5.41) is 12.5. The number of thioether (sulfide) groups is 1. The highest BCUT2D eigenvalue weighted by molar-refractivity contribution is 7.98. The average Bonchev–Trinajstić information content (AvgIpc) is 3.02. The maximum Gasteiger partial charge on any atom is 0.219 e. The van der Waals surface area contributed by atoms with Gasteiger partial charge in [0.15, 0.2) is 5.16 Å². The quantitative estimate of drug-likeness (QED) is 0.527. The van der Waals surface area contributed by atoms with E-state index in [1.165, 1.54) is 0 Å². The van der Waals surface area contributed by atoms with E-state index in [1.807, 2.05) is 24.5 Å². The molecule has 6 heteroatoms. The van der Waals surface area contributed by atoms with Crippen LogP contribution in [0.5, 0.6) is 0 Å². The van der Waals surface area contributed by atoms with Gasteiger partial charge in [0.25, 0.3) is 0 Å². The normalized spacial score (nSPS) is 10.8. The number of unbranched alkanes of at least 4 members (excludes halogenated alkanes) is 2. The number of hydrogen-bond donors (Lipinski definition) is 1. The van der Waals surface area contributed by atoms with Crippen molar-refractivity contribution in [2.45, 2.75) is 50.6 Å². The number of hydrogen-bond acceptors (Lipinski definition) is 4. The van der Waals surface area contributed by atoms with Gasteiger partial charge in [0.2, 0.25) is 5.91 Å². The summed E-state index contributed by atoms with van der Waals surface area (Å²) >= 11 is 1.59. The Morgan fingerprint density at radius 2 is 1.96 bits per heavy atom. The number of aromatic nitrogens is 3. The molecule has 1 aromatic heterocycles. The number of para-hydroxylation sites is 1. The van der Waals surface area contributed by atoms with Crippen molar-refractivity contribution in [1.82, 2.24) is 20.1 Å². The van der Waals surface area contributed by atoms with Gasteiger partial charge in [0, 0.05) is 25.1 Å². The maximum atomic E-state index is 11.7. The molecule has 0 saturated heterocycles. The summed E-state index contributed by atoms with van der Waals surface area (Å²) in [5.41, 5.74) is 1.08. The largest absolute Gasteiger partial charge is 0.356 e. The molecule has 0 bridgehead atoms. The van der Waals surface area contributed by atoms with Crippen LogP contribution in [0.3, 0.4) is 0 Å². The van der Waals surface area contributed by atoms with Gasteiger partial charge in [-0.3, -0.25) is 9.36 Å². The lowest BCUT2D eigenvalue weighted by atomic mass is 10.1. The maximum absolute atomic E-state index is 11.7. The summed E-state index contributed by atoms with van der Waals surface area (Å²) in [6.45, 7) is 2.91. The molecule has 0 aliphatic rings. The molecule has 130 valence electrons. The summed E-state index contributed by atoms with van der Waals surface area (Å²) in [6, 6.07) is 10.2. The second kappa shape index (κ2) is 10.1. The molecule has 0 saturated carbocycles. The number of nitrogens with zero attached hydrogens (tertiary/aromatic N) is 3. The van der Waals surface area contributed by atoms with Crippen molar-refractivity contribution in [2.24, 2.45) is 0 Å². The third kappa shape index (κ3) is 5.37. The van der Waals surface area contributed by atoms with Crippen molar-refractivity contribution in [2.75, 3.05) is 12.8 Å². The third-order valence-corrected chi connectivity index (χ3v) is 4.43. The fraction of sp³-hybridized carbons (Fsp3) is 0.500. The second-order valence-corrected chi connectivity index (χ2v) is 6.46. The SMILES string of the molecule is CCCCNC(=O)CCCCc1nnc(SC)n1-c1ccccc1. The minimum absolute atomic E-state index is 0.151.